The molecule has 4 rings (SSSR count). The van der Waals surface area contributed by atoms with E-state index in [2.05, 4.69) is 19.9 Å². The third-order valence-corrected chi connectivity index (χ3v) is 5.97. The summed E-state index contributed by atoms with van der Waals surface area (Å²) >= 11 is 1.36. The molecule has 0 bridgehead atoms. The maximum atomic E-state index is 13.3. The number of amides is 1. The Morgan fingerprint density at radius 2 is 1.97 bits per heavy atom. The highest BCUT2D eigenvalue weighted by Crippen LogP contribution is 2.37. The van der Waals surface area contributed by atoms with Crippen LogP contribution >= 0.6 is 11.8 Å². The predicted molar refractivity (Wildman–Crippen MR) is 113 cm³/mol. The molecular weight excluding hydrogens is 443 g/mol. The van der Waals surface area contributed by atoms with Crippen molar-refractivity contribution in [3.63, 3.8) is 0 Å². The van der Waals surface area contributed by atoms with E-state index in [0.29, 0.717) is 59.6 Å². The second-order valence-electron chi connectivity index (χ2n) is 7.40. The lowest BCUT2D eigenvalue weighted by Crippen LogP contribution is -2.37. The lowest BCUT2D eigenvalue weighted by Gasteiger charge is -2.28. The van der Waals surface area contributed by atoms with Gasteiger partial charge in [0.25, 0.3) is 0 Å². The molecule has 0 saturated carbocycles. The Morgan fingerprint density at radius 1 is 1.22 bits per heavy atom. The third kappa shape index (κ3) is 4.57. The molecule has 3 heterocycles. The van der Waals surface area contributed by atoms with Gasteiger partial charge in [0.05, 0.1) is 22.6 Å². The standard InChI is InChI=1S/C21H20F3N5O2S/c1-32-19-25-8-5-15(26-19)17-16(13-3-2-4-14(11-13)21(22,23)24)27-18(28-17)12-6-9-29(10-7-12)20(30)31/h2-5,8,11-12H,6-7,9-10H2,1H3,(H,27,28)(H,30,31). The SMILES string of the molecule is CSc1nccc(-c2[nH]c(C3CCN(C(=O)O)CC3)nc2-c2cccc(C(F)(F)F)c2)n1. The molecule has 0 aliphatic carbocycles. The van der Waals surface area contributed by atoms with E-state index in [1.54, 1.807) is 18.3 Å². The molecule has 0 radical (unpaired) electrons. The Hall–Kier alpha value is -3.08. The Morgan fingerprint density at radius 3 is 2.62 bits per heavy atom. The number of thioether (sulfide) groups is 1. The lowest BCUT2D eigenvalue weighted by molar-refractivity contribution is -0.137. The Bertz CT molecular complexity index is 1130. The number of H-pyrrole nitrogens is 1. The summed E-state index contributed by atoms with van der Waals surface area (Å²) in [6, 6.07) is 6.72. The fourth-order valence-electron chi connectivity index (χ4n) is 3.74. The zero-order valence-corrected chi connectivity index (χ0v) is 17.9. The van der Waals surface area contributed by atoms with E-state index in [0.717, 1.165) is 12.1 Å². The average molecular weight is 463 g/mol. The summed E-state index contributed by atoms with van der Waals surface area (Å²) < 4.78 is 39.9. The number of nitrogens with one attached hydrogen (secondary N) is 1. The summed E-state index contributed by atoms with van der Waals surface area (Å²) in [5.41, 5.74) is 0.978. The molecule has 0 atom stereocenters. The van der Waals surface area contributed by atoms with E-state index >= 15 is 0 Å². The second kappa shape index (κ2) is 8.81. The van der Waals surface area contributed by atoms with Crippen LogP contribution in [0.2, 0.25) is 0 Å². The third-order valence-electron chi connectivity index (χ3n) is 5.41. The molecule has 11 heteroatoms. The van der Waals surface area contributed by atoms with Gasteiger partial charge < -0.3 is 15.0 Å². The molecule has 1 amide bonds. The van der Waals surface area contributed by atoms with Gasteiger partial charge in [0.2, 0.25) is 0 Å². The monoisotopic (exact) mass is 463 g/mol. The Balaban J connectivity index is 1.77. The van der Waals surface area contributed by atoms with E-state index in [9.17, 15) is 23.1 Å². The van der Waals surface area contributed by atoms with Gasteiger partial charge in [-0.1, -0.05) is 23.9 Å². The van der Waals surface area contributed by atoms with Crippen molar-refractivity contribution in [2.75, 3.05) is 19.3 Å². The molecule has 7 nitrogen and oxygen atoms in total. The smallest absolute Gasteiger partial charge is 0.416 e. The van der Waals surface area contributed by atoms with Crippen LogP contribution in [0, 0.1) is 0 Å². The van der Waals surface area contributed by atoms with Crippen molar-refractivity contribution in [2.24, 2.45) is 0 Å². The maximum absolute atomic E-state index is 13.3. The highest BCUT2D eigenvalue weighted by Gasteiger charge is 2.32. The van der Waals surface area contributed by atoms with Gasteiger partial charge in [0, 0.05) is 30.8 Å². The van der Waals surface area contributed by atoms with Crippen LogP contribution < -0.4 is 0 Å². The van der Waals surface area contributed by atoms with Crippen LogP contribution in [0.1, 0.15) is 30.1 Å². The van der Waals surface area contributed by atoms with Crippen LogP contribution in [0.3, 0.4) is 0 Å². The Labute approximate surface area is 186 Å². The Kier molecular flexibility index (Phi) is 6.09. The summed E-state index contributed by atoms with van der Waals surface area (Å²) in [4.78, 5) is 29.1. The molecular formula is C21H20F3N5O2S. The summed E-state index contributed by atoms with van der Waals surface area (Å²) in [5, 5.41) is 9.71. The molecule has 0 unspecified atom stereocenters. The van der Waals surface area contributed by atoms with Gasteiger partial charge in [-0.2, -0.15) is 13.2 Å². The second-order valence-corrected chi connectivity index (χ2v) is 8.17. The van der Waals surface area contributed by atoms with Crippen molar-refractivity contribution < 1.29 is 23.1 Å². The number of hydrogen-bond donors (Lipinski definition) is 2. The molecule has 2 N–H and O–H groups in total. The van der Waals surface area contributed by atoms with Crippen LogP contribution in [0.4, 0.5) is 18.0 Å². The molecule has 0 spiro atoms. The van der Waals surface area contributed by atoms with Crippen molar-refractivity contribution in [2.45, 2.75) is 30.1 Å². The number of carboxylic acid groups (broad SMARTS) is 1. The van der Waals surface area contributed by atoms with Gasteiger partial charge >= 0.3 is 12.3 Å². The zero-order chi connectivity index (χ0) is 22.9. The molecule has 1 aromatic carbocycles. The fourth-order valence-corrected chi connectivity index (χ4v) is 4.10. The number of alkyl halides is 3. The highest BCUT2D eigenvalue weighted by atomic mass is 32.2. The normalized spacial score (nSPS) is 15.2. The molecule has 1 fully saturated rings. The first-order chi connectivity index (χ1) is 15.3. The van der Waals surface area contributed by atoms with Crippen LogP contribution in [0.25, 0.3) is 22.6 Å². The van der Waals surface area contributed by atoms with Gasteiger partial charge in [-0.25, -0.2) is 19.7 Å². The number of benzene rings is 1. The number of aromatic nitrogens is 4. The number of nitrogens with zero attached hydrogens (tertiary/aromatic N) is 4. The zero-order valence-electron chi connectivity index (χ0n) is 17.1. The summed E-state index contributed by atoms with van der Waals surface area (Å²) in [6.07, 6.45) is -0.863. The minimum atomic E-state index is -4.47. The molecule has 1 aliphatic rings. The summed E-state index contributed by atoms with van der Waals surface area (Å²) in [5.74, 6) is 0.576. The highest BCUT2D eigenvalue weighted by molar-refractivity contribution is 7.98. The van der Waals surface area contributed by atoms with Crippen molar-refractivity contribution in [3.8, 4) is 22.6 Å². The largest absolute Gasteiger partial charge is 0.465 e. The first-order valence-corrected chi connectivity index (χ1v) is 11.1. The molecule has 2 aromatic heterocycles. The number of rotatable bonds is 4. The van der Waals surface area contributed by atoms with E-state index in [1.807, 2.05) is 6.26 Å². The van der Waals surface area contributed by atoms with Crippen LogP contribution in [0.5, 0.6) is 0 Å². The van der Waals surface area contributed by atoms with Crippen molar-refractivity contribution in [1.29, 1.82) is 0 Å². The molecule has 3 aromatic rings. The van der Waals surface area contributed by atoms with Gasteiger partial charge in [-0.15, -0.1) is 0 Å². The van der Waals surface area contributed by atoms with Gasteiger partial charge in [-0.05, 0) is 37.3 Å². The van der Waals surface area contributed by atoms with Crippen LogP contribution in [-0.2, 0) is 6.18 Å². The number of halogens is 3. The summed E-state index contributed by atoms with van der Waals surface area (Å²) in [7, 11) is 0. The van der Waals surface area contributed by atoms with E-state index in [4.69, 9.17) is 0 Å². The fraction of sp³-hybridized carbons (Fsp3) is 0.333. The van der Waals surface area contributed by atoms with Crippen LogP contribution in [0.15, 0.2) is 41.7 Å². The van der Waals surface area contributed by atoms with E-state index < -0.39 is 17.8 Å². The minimum absolute atomic E-state index is 0.0363. The number of aromatic amines is 1. The van der Waals surface area contributed by atoms with E-state index in [-0.39, 0.29) is 5.92 Å². The van der Waals surface area contributed by atoms with Crippen molar-refractivity contribution in [3.05, 3.63) is 47.9 Å². The molecule has 1 aliphatic heterocycles. The molecule has 168 valence electrons. The number of carbonyl (C=O) groups is 1. The lowest BCUT2D eigenvalue weighted by atomic mass is 9.96. The number of hydrogen-bond acceptors (Lipinski definition) is 5. The van der Waals surface area contributed by atoms with Gasteiger partial charge in [-0.3, -0.25) is 0 Å². The topological polar surface area (TPSA) is 95.0 Å². The molecule has 1 saturated heterocycles. The number of imidazole rings is 1. The number of likely N-dealkylation sites (tertiary alicyclic amines) is 1. The minimum Gasteiger partial charge on any atom is -0.465 e. The first-order valence-electron chi connectivity index (χ1n) is 9.89. The van der Waals surface area contributed by atoms with Crippen molar-refractivity contribution in [1.82, 2.24) is 24.8 Å². The number of piperidine rings is 1. The predicted octanol–water partition coefficient (Wildman–Crippen LogP) is 5.13. The molecule has 32 heavy (non-hydrogen) atoms. The summed E-state index contributed by atoms with van der Waals surface area (Å²) in [6.45, 7) is 0.748. The maximum Gasteiger partial charge on any atom is 0.416 e. The van der Waals surface area contributed by atoms with E-state index in [1.165, 1.54) is 22.7 Å². The van der Waals surface area contributed by atoms with Crippen LogP contribution in [-0.4, -0.2) is 55.4 Å². The van der Waals surface area contributed by atoms with Gasteiger partial charge in [0.1, 0.15) is 5.82 Å². The van der Waals surface area contributed by atoms with Gasteiger partial charge in [0.15, 0.2) is 5.16 Å². The quantitative estimate of drug-likeness (QED) is 0.411. The average Bonchev–Trinajstić information content (AvgIpc) is 3.24. The van der Waals surface area contributed by atoms with Crippen molar-refractivity contribution >= 4 is 17.9 Å². The first kappa shape index (κ1) is 22.1.